The van der Waals surface area contributed by atoms with E-state index in [1.165, 1.54) is 12.8 Å². The lowest BCUT2D eigenvalue weighted by atomic mass is 9.87. The molecule has 2 rings (SSSR count). The van der Waals surface area contributed by atoms with Gasteiger partial charge in [0.1, 0.15) is 0 Å². The largest absolute Gasteiger partial charge is 0.349 e. The van der Waals surface area contributed by atoms with Gasteiger partial charge >= 0.3 is 0 Å². The smallest absolute Gasteiger partial charge is 0.251 e. The minimum absolute atomic E-state index is 0.0282. The van der Waals surface area contributed by atoms with E-state index in [4.69, 9.17) is 0 Å². The number of nitrogens with one attached hydrogen (secondary N) is 1. The van der Waals surface area contributed by atoms with Crippen LogP contribution >= 0.6 is 12.6 Å². The van der Waals surface area contributed by atoms with Gasteiger partial charge in [-0.1, -0.05) is 13.0 Å². The Labute approximate surface area is 108 Å². The molecule has 0 saturated heterocycles. The number of carbonyl (C=O) groups is 1. The first-order chi connectivity index (χ1) is 8.15. The highest BCUT2D eigenvalue weighted by molar-refractivity contribution is 7.80. The Balaban J connectivity index is 1.93. The fourth-order valence-corrected chi connectivity index (χ4v) is 2.55. The summed E-state index contributed by atoms with van der Waals surface area (Å²) in [6.07, 6.45) is 4.65. The van der Waals surface area contributed by atoms with E-state index in [0.717, 1.165) is 23.7 Å². The monoisotopic (exact) mass is 249 g/mol. The molecule has 17 heavy (non-hydrogen) atoms. The number of hydrogen-bond donors (Lipinski definition) is 2. The number of amides is 1. The Morgan fingerprint density at radius 1 is 1.29 bits per heavy atom. The third-order valence-corrected chi connectivity index (χ3v) is 3.74. The topological polar surface area (TPSA) is 29.1 Å². The van der Waals surface area contributed by atoms with Crippen LogP contribution in [-0.4, -0.2) is 11.9 Å². The van der Waals surface area contributed by atoms with Gasteiger partial charge in [-0.3, -0.25) is 4.79 Å². The van der Waals surface area contributed by atoms with Crippen molar-refractivity contribution in [3.05, 3.63) is 29.8 Å². The van der Waals surface area contributed by atoms with Gasteiger partial charge in [-0.25, -0.2) is 0 Å². The summed E-state index contributed by atoms with van der Waals surface area (Å²) in [5.74, 6) is 0.837. The second kappa shape index (κ2) is 5.58. The van der Waals surface area contributed by atoms with Gasteiger partial charge in [-0.05, 0) is 49.8 Å². The highest BCUT2D eigenvalue weighted by Crippen LogP contribution is 2.23. The fraction of sp³-hybridized carbons (Fsp3) is 0.500. The lowest BCUT2D eigenvalue weighted by Gasteiger charge is -2.26. The van der Waals surface area contributed by atoms with Crippen LogP contribution in [0.15, 0.2) is 29.2 Å². The van der Waals surface area contributed by atoms with Crippen LogP contribution in [0.2, 0.25) is 0 Å². The van der Waals surface area contributed by atoms with Gasteiger partial charge in [0.25, 0.3) is 5.91 Å². The van der Waals surface area contributed by atoms with E-state index in [-0.39, 0.29) is 5.91 Å². The normalized spacial score (nSPS) is 24.4. The lowest BCUT2D eigenvalue weighted by molar-refractivity contribution is 0.0923. The fourth-order valence-electron chi connectivity index (χ4n) is 2.32. The van der Waals surface area contributed by atoms with Gasteiger partial charge in [0.2, 0.25) is 0 Å². The van der Waals surface area contributed by atoms with Gasteiger partial charge in [0.15, 0.2) is 0 Å². The minimum Gasteiger partial charge on any atom is -0.349 e. The molecule has 0 aliphatic heterocycles. The van der Waals surface area contributed by atoms with Crippen LogP contribution in [0, 0.1) is 5.92 Å². The number of hydrogen-bond acceptors (Lipinski definition) is 2. The molecule has 1 saturated carbocycles. The molecule has 1 fully saturated rings. The van der Waals surface area contributed by atoms with Crippen LogP contribution < -0.4 is 5.32 Å². The quantitative estimate of drug-likeness (QED) is 0.774. The third kappa shape index (κ3) is 3.50. The number of carbonyl (C=O) groups excluding carboxylic acids is 1. The number of benzene rings is 1. The van der Waals surface area contributed by atoms with Gasteiger partial charge in [-0.15, -0.1) is 12.6 Å². The molecular formula is C14H19NOS. The molecule has 0 heterocycles. The zero-order chi connectivity index (χ0) is 12.3. The Morgan fingerprint density at radius 3 is 2.65 bits per heavy atom. The molecule has 1 amide bonds. The van der Waals surface area contributed by atoms with Crippen LogP contribution in [-0.2, 0) is 0 Å². The summed E-state index contributed by atoms with van der Waals surface area (Å²) in [5, 5.41) is 3.11. The van der Waals surface area contributed by atoms with E-state index in [0.29, 0.717) is 11.6 Å². The molecule has 1 aromatic carbocycles. The number of rotatable bonds is 2. The first-order valence-corrected chi connectivity index (χ1v) is 6.70. The van der Waals surface area contributed by atoms with E-state index in [1.807, 2.05) is 24.3 Å². The zero-order valence-electron chi connectivity index (χ0n) is 10.1. The zero-order valence-corrected chi connectivity index (χ0v) is 11.0. The van der Waals surface area contributed by atoms with E-state index in [9.17, 15) is 4.79 Å². The first-order valence-electron chi connectivity index (χ1n) is 6.25. The summed E-state index contributed by atoms with van der Waals surface area (Å²) < 4.78 is 0. The molecule has 92 valence electrons. The standard InChI is InChI=1S/C14H19NOS/c1-10-5-7-12(8-6-10)15-14(16)11-3-2-4-13(17)9-11/h2-4,9-10,12,17H,5-8H2,1H3,(H,15,16). The van der Waals surface area contributed by atoms with E-state index >= 15 is 0 Å². The molecule has 0 radical (unpaired) electrons. The van der Waals surface area contributed by atoms with Gasteiger partial charge < -0.3 is 5.32 Å². The SMILES string of the molecule is CC1CCC(NC(=O)c2cccc(S)c2)CC1. The maximum Gasteiger partial charge on any atom is 0.251 e. The van der Waals surface area contributed by atoms with Crippen LogP contribution in [0.4, 0.5) is 0 Å². The van der Waals surface area contributed by atoms with Crippen molar-refractivity contribution in [1.29, 1.82) is 0 Å². The van der Waals surface area contributed by atoms with Crippen molar-refractivity contribution >= 4 is 18.5 Å². The molecule has 0 aromatic heterocycles. The number of thiol groups is 1. The summed E-state index contributed by atoms with van der Waals surface area (Å²) in [5.41, 5.74) is 0.705. The molecule has 3 heteroatoms. The second-order valence-corrected chi connectivity index (χ2v) is 5.50. The van der Waals surface area contributed by atoms with Crippen molar-refractivity contribution < 1.29 is 4.79 Å². The van der Waals surface area contributed by atoms with Crippen LogP contribution in [0.3, 0.4) is 0 Å². The molecular weight excluding hydrogens is 230 g/mol. The van der Waals surface area contributed by atoms with Gasteiger partial charge in [0.05, 0.1) is 0 Å². The van der Waals surface area contributed by atoms with Crippen molar-refractivity contribution in [2.45, 2.75) is 43.5 Å². The van der Waals surface area contributed by atoms with Crippen LogP contribution in [0.25, 0.3) is 0 Å². The summed E-state index contributed by atoms with van der Waals surface area (Å²) in [6.45, 7) is 2.28. The molecule has 1 aliphatic carbocycles. The lowest BCUT2D eigenvalue weighted by Crippen LogP contribution is -2.37. The molecule has 0 bridgehead atoms. The van der Waals surface area contributed by atoms with E-state index < -0.39 is 0 Å². The second-order valence-electron chi connectivity index (χ2n) is 4.98. The summed E-state index contributed by atoms with van der Waals surface area (Å²) in [6, 6.07) is 7.73. The Bertz CT molecular complexity index is 397. The summed E-state index contributed by atoms with van der Waals surface area (Å²) in [7, 11) is 0. The maximum absolute atomic E-state index is 12.0. The molecule has 0 unspecified atom stereocenters. The van der Waals surface area contributed by atoms with Crippen LogP contribution in [0.1, 0.15) is 43.0 Å². The Morgan fingerprint density at radius 2 is 2.00 bits per heavy atom. The van der Waals surface area contributed by atoms with Gasteiger partial charge in [-0.2, -0.15) is 0 Å². The molecule has 0 atom stereocenters. The predicted octanol–water partition coefficient (Wildman–Crippen LogP) is 3.28. The third-order valence-electron chi connectivity index (χ3n) is 3.46. The summed E-state index contributed by atoms with van der Waals surface area (Å²) in [4.78, 5) is 12.8. The van der Waals surface area contributed by atoms with Crippen molar-refractivity contribution in [2.24, 2.45) is 5.92 Å². The maximum atomic E-state index is 12.0. The predicted molar refractivity (Wildman–Crippen MR) is 72.6 cm³/mol. The van der Waals surface area contributed by atoms with Crippen molar-refractivity contribution in [1.82, 2.24) is 5.32 Å². The van der Waals surface area contributed by atoms with Crippen molar-refractivity contribution in [3.8, 4) is 0 Å². The highest BCUT2D eigenvalue weighted by atomic mass is 32.1. The van der Waals surface area contributed by atoms with E-state index in [2.05, 4.69) is 24.9 Å². The minimum atomic E-state index is 0.0282. The molecule has 1 N–H and O–H groups in total. The average molecular weight is 249 g/mol. The summed E-state index contributed by atoms with van der Waals surface area (Å²) >= 11 is 4.25. The Kier molecular flexibility index (Phi) is 4.11. The van der Waals surface area contributed by atoms with E-state index in [1.54, 1.807) is 0 Å². The Hall–Kier alpha value is -0.960. The van der Waals surface area contributed by atoms with Crippen molar-refractivity contribution in [2.75, 3.05) is 0 Å². The highest BCUT2D eigenvalue weighted by Gasteiger charge is 2.20. The van der Waals surface area contributed by atoms with Crippen LogP contribution in [0.5, 0.6) is 0 Å². The van der Waals surface area contributed by atoms with Crippen molar-refractivity contribution in [3.63, 3.8) is 0 Å². The van der Waals surface area contributed by atoms with Gasteiger partial charge in [0, 0.05) is 16.5 Å². The molecule has 1 aliphatic rings. The first kappa shape index (κ1) is 12.5. The molecule has 0 spiro atoms. The average Bonchev–Trinajstić information content (AvgIpc) is 2.32. The molecule has 1 aromatic rings. The molecule has 2 nitrogen and oxygen atoms in total.